The number of ether oxygens (including phenoxy) is 1. The Balaban J connectivity index is 2.30. The SMILES string of the molecule is CCNc1nc(CC)nc(Oc2ccc(CC)cc2)c1C. The summed E-state index contributed by atoms with van der Waals surface area (Å²) in [6.45, 7) is 9.04. The molecular weight excluding hydrogens is 262 g/mol. The monoisotopic (exact) mass is 285 g/mol. The van der Waals surface area contributed by atoms with Crippen molar-refractivity contribution in [1.82, 2.24) is 9.97 Å². The molecule has 112 valence electrons. The van der Waals surface area contributed by atoms with Gasteiger partial charge in [0.25, 0.3) is 0 Å². The molecule has 0 fully saturated rings. The van der Waals surface area contributed by atoms with Gasteiger partial charge >= 0.3 is 0 Å². The number of hydrogen-bond acceptors (Lipinski definition) is 4. The number of rotatable bonds is 6. The highest BCUT2D eigenvalue weighted by Gasteiger charge is 2.11. The Morgan fingerprint density at radius 2 is 1.71 bits per heavy atom. The first-order valence-corrected chi connectivity index (χ1v) is 7.56. The molecule has 4 heteroatoms. The molecule has 0 atom stereocenters. The zero-order valence-corrected chi connectivity index (χ0v) is 13.2. The van der Waals surface area contributed by atoms with Crippen molar-refractivity contribution >= 4 is 5.82 Å². The topological polar surface area (TPSA) is 47.0 Å². The lowest BCUT2D eigenvalue weighted by Crippen LogP contribution is -2.07. The fourth-order valence-corrected chi connectivity index (χ4v) is 2.04. The average Bonchev–Trinajstić information content (AvgIpc) is 2.52. The summed E-state index contributed by atoms with van der Waals surface area (Å²) in [7, 11) is 0. The Morgan fingerprint density at radius 3 is 2.29 bits per heavy atom. The largest absolute Gasteiger partial charge is 0.439 e. The van der Waals surface area contributed by atoms with E-state index in [1.54, 1.807) is 0 Å². The van der Waals surface area contributed by atoms with Crippen LogP contribution in [0.1, 0.15) is 37.7 Å². The Morgan fingerprint density at radius 1 is 1.00 bits per heavy atom. The smallest absolute Gasteiger partial charge is 0.227 e. The van der Waals surface area contributed by atoms with Crippen LogP contribution < -0.4 is 10.1 Å². The third-order valence-electron chi connectivity index (χ3n) is 3.35. The van der Waals surface area contributed by atoms with Crippen LogP contribution in [0.15, 0.2) is 24.3 Å². The second-order valence-electron chi connectivity index (χ2n) is 4.90. The molecule has 0 aliphatic heterocycles. The molecule has 0 aliphatic carbocycles. The van der Waals surface area contributed by atoms with Gasteiger partial charge in [-0.25, -0.2) is 4.98 Å². The Bertz CT molecular complexity index is 594. The second-order valence-corrected chi connectivity index (χ2v) is 4.90. The molecule has 1 aromatic carbocycles. The minimum absolute atomic E-state index is 0.627. The molecule has 1 N–H and O–H groups in total. The lowest BCUT2D eigenvalue weighted by molar-refractivity contribution is 0.455. The molecule has 0 unspecified atom stereocenters. The molecule has 0 aliphatic rings. The first-order chi connectivity index (χ1) is 10.2. The van der Waals surface area contributed by atoms with E-state index in [1.807, 2.05) is 26.0 Å². The molecule has 0 saturated heterocycles. The van der Waals surface area contributed by atoms with E-state index in [-0.39, 0.29) is 0 Å². The molecule has 21 heavy (non-hydrogen) atoms. The lowest BCUT2D eigenvalue weighted by atomic mass is 10.2. The van der Waals surface area contributed by atoms with Crippen molar-refractivity contribution in [2.75, 3.05) is 11.9 Å². The van der Waals surface area contributed by atoms with Crippen molar-refractivity contribution in [3.63, 3.8) is 0 Å². The van der Waals surface area contributed by atoms with E-state index in [0.717, 1.165) is 42.3 Å². The van der Waals surface area contributed by atoms with Crippen LogP contribution in [0.5, 0.6) is 11.6 Å². The van der Waals surface area contributed by atoms with Crippen LogP contribution in [0.4, 0.5) is 5.82 Å². The summed E-state index contributed by atoms with van der Waals surface area (Å²) in [5, 5.41) is 3.26. The Labute approximate surface area is 126 Å². The maximum Gasteiger partial charge on any atom is 0.227 e. The normalized spacial score (nSPS) is 10.5. The maximum absolute atomic E-state index is 5.95. The van der Waals surface area contributed by atoms with E-state index in [4.69, 9.17) is 4.74 Å². The summed E-state index contributed by atoms with van der Waals surface area (Å²) >= 11 is 0. The molecule has 1 heterocycles. The number of anilines is 1. The predicted octanol–water partition coefficient (Wildman–Crippen LogP) is 4.13. The van der Waals surface area contributed by atoms with Gasteiger partial charge in [-0.2, -0.15) is 4.98 Å². The van der Waals surface area contributed by atoms with Gasteiger partial charge < -0.3 is 10.1 Å². The molecule has 4 nitrogen and oxygen atoms in total. The lowest BCUT2D eigenvalue weighted by Gasteiger charge is -2.13. The van der Waals surface area contributed by atoms with Gasteiger partial charge in [0.15, 0.2) is 0 Å². The summed E-state index contributed by atoms with van der Waals surface area (Å²) in [4.78, 5) is 9.01. The highest BCUT2D eigenvalue weighted by atomic mass is 16.5. The number of benzene rings is 1. The van der Waals surface area contributed by atoms with E-state index in [1.165, 1.54) is 5.56 Å². The zero-order valence-electron chi connectivity index (χ0n) is 13.2. The average molecular weight is 285 g/mol. The van der Waals surface area contributed by atoms with Crippen LogP contribution in [-0.2, 0) is 12.8 Å². The first-order valence-electron chi connectivity index (χ1n) is 7.56. The highest BCUT2D eigenvalue weighted by molar-refractivity contribution is 5.49. The second kappa shape index (κ2) is 7.07. The van der Waals surface area contributed by atoms with Crippen molar-refractivity contribution in [1.29, 1.82) is 0 Å². The van der Waals surface area contributed by atoms with E-state index >= 15 is 0 Å². The van der Waals surface area contributed by atoms with Gasteiger partial charge in [-0.3, -0.25) is 0 Å². The third kappa shape index (κ3) is 3.72. The number of nitrogens with one attached hydrogen (secondary N) is 1. The first kappa shape index (κ1) is 15.3. The van der Waals surface area contributed by atoms with Crippen LogP contribution >= 0.6 is 0 Å². The Kier molecular flexibility index (Phi) is 5.14. The van der Waals surface area contributed by atoms with Crippen LogP contribution in [0, 0.1) is 6.92 Å². The predicted molar refractivity (Wildman–Crippen MR) is 86.2 cm³/mol. The summed E-state index contributed by atoms with van der Waals surface area (Å²) in [6, 6.07) is 8.13. The van der Waals surface area contributed by atoms with Gasteiger partial charge in [0.2, 0.25) is 5.88 Å². The molecule has 0 saturated carbocycles. The van der Waals surface area contributed by atoms with Crippen LogP contribution in [0.25, 0.3) is 0 Å². The van der Waals surface area contributed by atoms with Gasteiger partial charge in [0.05, 0.1) is 5.56 Å². The molecule has 0 bridgehead atoms. The van der Waals surface area contributed by atoms with E-state index < -0.39 is 0 Å². The molecular formula is C17H23N3O. The minimum Gasteiger partial charge on any atom is -0.439 e. The fourth-order valence-electron chi connectivity index (χ4n) is 2.04. The molecule has 0 amide bonds. The highest BCUT2D eigenvalue weighted by Crippen LogP contribution is 2.27. The standard InChI is InChI=1S/C17H23N3O/c1-5-13-8-10-14(11-9-13)21-17-12(4)16(18-7-3)19-15(6-2)20-17/h8-11H,5-7H2,1-4H3,(H,18,19,20). The van der Waals surface area contributed by atoms with Gasteiger partial charge in [-0.1, -0.05) is 26.0 Å². The Hall–Kier alpha value is -2.10. The number of aromatic nitrogens is 2. The molecule has 2 rings (SSSR count). The van der Waals surface area contributed by atoms with E-state index in [0.29, 0.717) is 5.88 Å². The van der Waals surface area contributed by atoms with Crippen LogP contribution in [0.2, 0.25) is 0 Å². The molecule has 0 spiro atoms. The quantitative estimate of drug-likeness (QED) is 0.866. The minimum atomic E-state index is 0.627. The molecule has 1 aromatic heterocycles. The number of aryl methyl sites for hydroxylation is 2. The van der Waals surface area contributed by atoms with Crippen LogP contribution in [-0.4, -0.2) is 16.5 Å². The summed E-state index contributed by atoms with van der Waals surface area (Å²) in [5.74, 6) is 3.07. The van der Waals surface area contributed by atoms with Crippen molar-refractivity contribution in [3.8, 4) is 11.6 Å². The molecule has 0 radical (unpaired) electrons. The van der Waals surface area contributed by atoms with Crippen molar-refractivity contribution in [2.24, 2.45) is 0 Å². The third-order valence-corrected chi connectivity index (χ3v) is 3.35. The number of hydrogen-bond donors (Lipinski definition) is 1. The fraction of sp³-hybridized carbons (Fsp3) is 0.412. The van der Waals surface area contributed by atoms with E-state index in [9.17, 15) is 0 Å². The van der Waals surface area contributed by atoms with Gasteiger partial charge in [0, 0.05) is 13.0 Å². The van der Waals surface area contributed by atoms with E-state index in [2.05, 4.69) is 41.3 Å². The van der Waals surface area contributed by atoms with Gasteiger partial charge in [-0.15, -0.1) is 0 Å². The van der Waals surface area contributed by atoms with Crippen LogP contribution in [0.3, 0.4) is 0 Å². The molecule has 2 aromatic rings. The summed E-state index contributed by atoms with van der Waals surface area (Å²) in [6.07, 6.45) is 1.81. The number of nitrogens with zero attached hydrogens (tertiary/aromatic N) is 2. The van der Waals surface area contributed by atoms with Crippen molar-refractivity contribution < 1.29 is 4.74 Å². The van der Waals surface area contributed by atoms with Crippen molar-refractivity contribution in [2.45, 2.75) is 40.5 Å². The van der Waals surface area contributed by atoms with Gasteiger partial charge in [-0.05, 0) is 38.0 Å². The van der Waals surface area contributed by atoms with Gasteiger partial charge in [0.1, 0.15) is 17.4 Å². The maximum atomic E-state index is 5.95. The summed E-state index contributed by atoms with van der Waals surface area (Å²) in [5.41, 5.74) is 2.23. The van der Waals surface area contributed by atoms with Crippen molar-refractivity contribution in [3.05, 3.63) is 41.2 Å². The summed E-state index contributed by atoms with van der Waals surface area (Å²) < 4.78 is 5.95. The zero-order chi connectivity index (χ0) is 15.2.